The molecule has 0 radical (unpaired) electrons. The fourth-order valence-corrected chi connectivity index (χ4v) is 1.33. The molecule has 0 aliphatic carbocycles. The number of rotatable bonds is 2. The van der Waals surface area contributed by atoms with Crippen LogP contribution >= 0.6 is 0 Å². The lowest BCUT2D eigenvalue weighted by Gasteiger charge is -2.36. The van der Waals surface area contributed by atoms with Gasteiger partial charge in [0.05, 0.1) is 26.0 Å². The average Bonchev–Trinajstić information content (AvgIpc) is 2.06. The van der Waals surface area contributed by atoms with Crippen LogP contribution in [0.15, 0.2) is 12.8 Å². The Bertz CT molecular complexity index is 116. The second kappa shape index (κ2) is 3.17. The third-order valence-electron chi connectivity index (χ3n) is 2.38. The number of likely N-dealkylation sites (N-methyl/N-ethyl adjacent to an activating group) is 1. The van der Waals surface area contributed by atoms with Crippen LogP contribution in [-0.4, -0.2) is 37.3 Å². The molecule has 2 nitrogen and oxygen atoms in total. The number of nitrogens with zero attached hydrogens (tertiary/aromatic N) is 1. The van der Waals surface area contributed by atoms with Gasteiger partial charge in [-0.25, -0.2) is 0 Å². The molecule has 0 aromatic rings. The van der Waals surface area contributed by atoms with Gasteiger partial charge in [-0.1, -0.05) is 0 Å². The maximum atomic E-state index is 5.26. The fraction of sp³-hybridized carbons (Fsp3) is 0.750. The third-order valence-corrected chi connectivity index (χ3v) is 2.38. The van der Waals surface area contributed by atoms with Gasteiger partial charge in [0.25, 0.3) is 0 Å². The van der Waals surface area contributed by atoms with E-state index in [1.54, 1.807) is 0 Å². The second-order valence-corrected chi connectivity index (χ2v) is 2.78. The minimum atomic E-state index is 0.889. The predicted octanol–water partition coefficient (Wildman–Crippen LogP) is 0.997. The molecule has 0 N–H and O–H groups in total. The van der Waals surface area contributed by atoms with Crippen LogP contribution in [0.4, 0.5) is 0 Å². The van der Waals surface area contributed by atoms with Gasteiger partial charge in [-0.3, -0.25) is 4.48 Å². The Labute approximate surface area is 62.7 Å². The maximum absolute atomic E-state index is 5.26. The largest absolute Gasteiger partial charge is 0.370 e. The summed E-state index contributed by atoms with van der Waals surface area (Å²) in [6.07, 6.45) is 2.04. The van der Waals surface area contributed by atoms with E-state index in [-0.39, 0.29) is 0 Å². The highest BCUT2D eigenvalue weighted by molar-refractivity contribution is 4.59. The summed E-state index contributed by atoms with van der Waals surface area (Å²) in [7, 11) is 0. The van der Waals surface area contributed by atoms with Crippen molar-refractivity contribution < 1.29 is 9.22 Å². The second-order valence-electron chi connectivity index (χ2n) is 2.78. The van der Waals surface area contributed by atoms with E-state index in [0.29, 0.717) is 0 Å². The van der Waals surface area contributed by atoms with Gasteiger partial charge in [0.15, 0.2) is 0 Å². The van der Waals surface area contributed by atoms with E-state index < -0.39 is 0 Å². The Morgan fingerprint density at radius 1 is 1.50 bits per heavy atom. The summed E-state index contributed by atoms with van der Waals surface area (Å²) in [4.78, 5) is 0. The zero-order valence-electron chi connectivity index (χ0n) is 6.68. The van der Waals surface area contributed by atoms with Crippen LogP contribution in [-0.2, 0) is 4.74 Å². The molecule has 1 saturated heterocycles. The first kappa shape index (κ1) is 7.76. The zero-order chi connectivity index (χ0) is 7.45. The monoisotopic (exact) mass is 142 g/mol. The molecule has 1 aliphatic rings. The Morgan fingerprint density at radius 3 is 2.40 bits per heavy atom. The molecule has 0 bridgehead atoms. The third kappa shape index (κ3) is 1.39. The van der Waals surface area contributed by atoms with E-state index in [1.165, 1.54) is 0 Å². The highest BCUT2D eigenvalue weighted by Crippen LogP contribution is 2.10. The molecule has 0 atom stereocenters. The van der Waals surface area contributed by atoms with Gasteiger partial charge in [-0.15, -0.1) is 0 Å². The van der Waals surface area contributed by atoms with Crippen molar-refractivity contribution in [3.63, 3.8) is 0 Å². The molecule has 0 spiro atoms. The normalized spacial score (nSPS) is 24.1. The lowest BCUT2D eigenvalue weighted by molar-refractivity contribution is -0.885. The summed E-state index contributed by atoms with van der Waals surface area (Å²) in [5.74, 6) is 0. The molecular weight excluding hydrogens is 126 g/mol. The summed E-state index contributed by atoms with van der Waals surface area (Å²) in [6, 6.07) is 0. The van der Waals surface area contributed by atoms with Gasteiger partial charge in [-0.2, -0.15) is 0 Å². The number of hydrogen-bond donors (Lipinski definition) is 0. The lowest BCUT2D eigenvalue weighted by Crippen LogP contribution is -2.50. The van der Waals surface area contributed by atoms with Gasteiger partial charge >= 0.3 is 0 Å². The lowest BCUT2D eigenvalue weighted by atomic mass is 10.3. The fourth-order valence-electron chi connectivity index (χ4n) is 1.33. The quantitative estimate of drug-likeness (QED) is 0.523. The first-order valence-electron chi connectivity index (χ1n) is 3.90. The Hall–Kier alpha value is -0.340. The minimum absolute atomic E-state index is 0.889. The van der Waals surface area contributed by atoms with Crippen molar-refractivity contribution in [2.45, 2.75) is 6.92 Å². The van der Waals surface area contributed by atoms with E-state index in [1.807, 2.05) is 6.20 Å². The molecule has 0 unspecified atom stereocenters. The molecule has 1 rings (SSSR count). The maximum Gasteiger partial charge on any atom is 0.107 e. The van der Waals surface area contributed by atoms with Crippen molar-refractivity contribution in [1.29, 1.82) is 0 Å². The SMILES string of the molecule is C=C[N+]1(CC)CCOCC1. The topological polar surface area (TPSA) is 9.23 Å². The van der Waals surface area contributed by atoms with E-state index in [2.05, 4.69) is 13.5 Å². The van der Waals surface area contributed by atoms with E-state index in [9.17, 15) is 0 Å². The summed E-state index contributed by atoms with van der Waals surface area (Å²) in [6.45, 7) is 11.2. The van der Waals surface area contributed by atoms with Gasteiger partial charge in [-0.05, 0) is 13.5 Å². The molecule has 10 heavy (non-hydrogen) atoms. The van der Waals surface area contributed by atoms with Gasteiger partial charge in [0, 0.05) is 0 Å². The highest BCUT2D eigenvalue weighted by Gasteiger charge is 2.24. The summed E-state index contributed by atoms with van der Waals surface area (Å²) >= 11 is 0. The van der Waals surface area contributed by atoms with Crippen LogP contribution in [0.2, 0.25) is 0 Å². The van der Waals surface area contributed by atoms with Gasteiger partial charge < -0.3 is 4.74 Å². The van der Waals surface area contributed by atoms with Crippen LogP contribution in [0, 0.1) is 0 Å². The molecule has 58 valence electrons. The molecule has 1 fully saturated rings. The van der Waals surface area contributed by atoms with E-state index in [4.69, 9.17) is 4.74 Å². The number of morpholine rings is 1. The van der Waals surface area contributed by atoms with Gasteiger partial charge in [0.2, 0.25) is 0 Å². The molecule has 0 amide bonds. The summed E-state index contributed by atoms with van der Waals surface area (Å²) in [5, 5.41) is 0. The molecule has 1 aliphatic heterocycles. The van der Waals surface area contributed by atoms with Gasteiger partial charge in [0.1, 0.15) is 13.1 Å². The highest BCUT2D eigenvalue weighted by atomic mass is 16.5. The number of ether oxygens (including phenoxy) is 1. The summed E-state index contributed by atoms with van der Waals surface area (Å²) < 4.78 is 6.29. The smallest absolute Gasteiger partial charge is 0.107 e. The standard InChI is InChI=1S/C8H16NO/c1-3-9(4-2)5-7-10-8-6-9/h3H,1,4-8H2,2H3/q+1. The molecule has 0 aromatic carbocycles. The Balaban J connectivity index is 2.52. The van der Waals surface area contributed by atoms with Crippen LogP contribution in [0.25, 0.3) is 0 Å². The molecule has 2 heteroatoms. The summed E-state index contributed by atoms with van der Waals surface area (Å²) in [5.41, 5.74) is 0. The molecule has 0 saturated carbocycles. The minimum Gasteiger partial charge on any atom is -0.370 e. The number of quaternary nitrogens is 1. The zero-order valence-corrected chi connectivity index (χ0v) is 6.68. The molecule has 0 aromatic heterocycles. The number of hydrogen-bond acceptors (Lipinski definition) is 1. The Kier molecular flexibility index (Phi) is 2.46. The van der Waals surface area contributed by atoms with Crippen molar-refractivity contribution in [3.8, 4) is 0 Å². The Morgan fingerprint density at radius 2 is 2.10 bits per heavy atom. The van der Waals surface area contributed by atoms with E-state index in [0.717, 1.165) is 37.3 Å². The average molecular weight is 142 g/mol. The van der Waals surface area contributed by atoms with Crippen molar-refractivity contribution in [3.05, 3.63) is 12.8 Å². The van der Waals surface area contributed by atoms with Crippen LogP contribution in [0.5, 0.6) is 0 Å². The van der Waals surface area contributed by atoms with Crippen LogP contribution in [0.3, 0.4) is 0 Å². The van der Waals surface area contributed by atoms with Crippen LogP contribution in [0.1, 0.15) is 6.92 Å². The molecular formula is C8H16NO+. The molecule has 1 heterocycles. The predicted molar refractivity (Wildman–Crippen MR) is 41.6 cm³/mol. The van der Waals surface area contributed by atoms with E-state index >= 15 is 0 Å². The van der Waals surface area contributed by atoms with Crippen molar-refractivity contribution in [2.24, 2.45) is 0 Å². The first-order valence-corrected chi connectivity index (χ1v) is 3.90. The van der Waals surface area contributed by atoms with Crippen molar-refractivity contribution in [1.82, 2.24) is 0 Å². The van der Waals surface area contributed by atoms with Crippen LogP contribution < -0.4 is 0 Å². The van der Waals surface area contributed by atoms with Crippen molar-refractivity contribution >= 4 is 0 Å². The first-order chi connectivity index (χ1) is 4.83. The van der Waals surface area contributed by atoms with Crippen molar-refractivity contribution in [2.75, 3.05) is 32.8 Å².